The number of nitrogen functional groups attached to an aromatic ring is 2. The first-order chi connectivity index (χ1) is 35.5. The lowest BCUT2D eigenvalue weighted by molar-refractivity contribution is -0.124. The van der Waals surface area contributed by atoms with Gasteiger partial charge in [0, 0.05) is 59.1 Å². The molecule has 0 aliphatic heterocycles. The van der Waals surface area contributed by atoms with Crippen molar-refractivity contribution in [2.45, 2.75) is 40.9 Å². The van der Waals surface area contributed by atoms with E-state index >= 15 is 0 Å². The number of anilines is 2. The maximum absolute atomic E-state index is 14.0. The number of nitrogens with zero attached hydrogens (tertiary/aromatic N) is 2. The van der Waals surface area contributed by atoms with Crippen LogP contribution in [-0.4, -0.2) is 80.6 Å². The first-order valence-electron chi connectivity index (χ1n) is 23.3. The molecule has 378 valence electrons. The number of carbonyl (C=O) groups is 6. The number of ketones is 2. The number of aromatic nitrogens is 2. The molecule has 74 heavy (non-hydrogen) atoms. The predicted molar refractivity (Wildman–Crippen MR) is 275 cm³/mol. The third-order valence-electron chi connectivity index (χ3n) is 12.5. The first kappa shape index (κ1) is 50.8. The van der Waals surface area contributed by atoms with Gasteiger partial charge in [0.15, 0.2) is 13.2 Å². The van der Waals surface area contributed by atoms with Gasteiger partial charge >= 0.3 is 11.9 Å². The molecular weight excluding hydrogens is 949 g/mol. The van der Waals surface area contributed by atoms with Crippen LogP contribution in [0.4, 0.5) is 11.4 Å². The van der Waals surface area contributed by atoms with Gasteiger partial charge in [0.1, 0.15) is 47.6 Å². The highest BCUT2D eigenvalue weighted by atomic mass is 16.5. The van der Waals surface area contributed by atoms with Crippen LogP contribution >= 0.6 is 0 Å². The van der Waals surface area contributed by atoms with Crippen LogP contribution in [0.5, 0.6) is 23.0 Å². The number of benzene rings is 4. The molecule has 2 amide bonds. The van der Waals surface area contributed by atoms with Crippen molar-refractivity contribution in [3.63, 3.8) is 0 Å². The molecule has 8 N–H and O–H groups in total. The molecule has 0 saturated carbocycles. The summed E-state index contributed by atoms with van der Waals surface area (Å²) in [5.41, 5.74) is 17.2. The molecule has 0 radical (unpaired) electrons. The van der Waals surface area contributed by atoms with Crippen LogP contribution in [-0.2, 0) is 22.8 Å². The minimum Gasteiger partial charge on any atom is -0.486 e. The van der Waals surface area contributed by atoms with E-state index in [4.69, 9.17) is 30.4 Å². The van der Waals surface area contributed by atoms with E-state index in [2.05, 4.69) is 10.6 Å². The number of aromatic carboxylic acids is 2. The molecule has 0 unspecified atom stereocenters. The highest BCUT2D eigenvalue weighted by Gasteiger charge is 2.28. The normalized spacial score (nSPS) is 11.0. The second-order valence-corrected chi connectivity index (χ2v) is 17.3. The van der Waals surface area contributed by atoms with E-state index < -0.39 is 23.8 Å². The number of fused-ring (bicyclic) bond motifs is 2. The number of carboxylic acids is 2. The summed E-state index contributed by atoms with van der Waals surface area (Å²) in [5.74, 6) is -2.25. The lowest BCUT2D eigenvalue weighted by Crippen LogP contribution is -2.38. The van der Waals surface area contributed by atoms with E-state index in [-0.39, 0.29) is 95.8 Å². The third-order valence-corrected chi connectivity index (χ3v) is 12.5. The van der Waals surface area contributed by atoms with Crippen molar-refractivity contribution >= 4 is 57.7 Å². The molecule has 8 rings (SSSR count). The van der Waals surface area contributed by atoms with Crippen molar-refractivity contribution in [1.82, 2.24) is 19.4 Å². The van der Waals surface area contributed by atoms with Gasteiger partial charge in [-0.15, -0.1) is 0 Å². The molecule has 4 aromatic carbocycles. The summed E-state index contributed by atoms with van der Waals surface area (Å²) in [6.45, 7) is 6.54. The molecule has 0 spiro atoms. The monoisotopic (exact) mass is 1000 g/mol. The summed E-state index contributed by atoms with van der Waals surface area (Å²) in [6, 6.07) is 30.8. The first-order valence-corrected chi connectivity index (χ1v) is 23.3. The van der Waals surface area contributed by atoms with Gasteiger partial charge in [-0.1, -0.05) is 36.4 Å². The zero-order chi connectivity index (χ0) is 52.8. The van der Waals surface area contributed by atoms with Crippen LogP contribution in [0.15, 0.2) is 122 Å². The van der Waals surface area contributed by atoms with Crippen molar-refractivity contribution in [3.05, 3.63) is 189 Å². The van der Waals surface area contributed by atoms with E-state index in [9.17, 15) is 39.0 Å². The molecule has 0 fully saturated rings. The number of hydrogen-bond acceptors (Lipinski definition) is 12. The number of nitrogens with two attached hydrogens (primary N) is 2. The quantitative estimate of drug-likeness (QED) is 0.0235. The van der Waals surface area contributed by atoms with E-state index in [1.807, 2.05) is 36.4 Å². The van der Waals surface area contributed by atoms with Gasteiger partial charge in [0.25, 0.3) is 11.8 Å². The maximum atomic E-state index is 14.0. The Morgan fingerprint density at radius 1 is 0.500 bits per heavy atom. The molecule has 4 heterocycles. The average Bonchev–Trinajstić information content (AvgIpc) is 3.83. The van der Waals surface area contributed by atoms with Crippen LogP contribution in [0.2, 0.25) is 0 Å². The van der Waals surface area contributed by atoms with Gasteiger partial charge in [-0.05, 0) is 123 Å². The molecule has 18 nitrogen and oxygen atoms in total. The van der Waals surface area contributed by atoms with Crippen molar-refractivity contribution in [1.29, 1.82) is 0 Å². The van der Waals surface area contributed by atoms with Crippen molar-refractivity contribution in [2.24, 2.45) is 0 Å². The predicted octanol–water partition coefficient (Wildman–Crippen LogP) is 7.30. The van der Waals surface area contributed by atoms with E-state index in [0.717, 1.165) is 11.1 Å². The Hall–Kier alpha value is -9.58. The van der Waals surface area contributed by atoms with Crippen molar-refractivity contribution < 1.29 is 57.9 Å². The van der Waals surface area contributed by atoms with Gasteiger partial charge in [-0.25, -0.2) is 9.59 Å². The fourth-order valence-corrected chi connectivity index (χ4v) is 8.88. The van der Waals surface area contributed by atoms with Crippen molar-refractivity contribution in [3.8, 4) is 23.0 Å². The minimum absolute atomic E-state index is 0.0659. The minimum atomic E-state index is -1.22. The lowest BCUT2D eigenvalue weighted by atomic mass is 9.95. The van der Waals surface area contributed by atoms with Gasteiger partial charge in [-0.2, -0.15) is 0 Å². The largest absolute Gasteiger partial charge is 0.486 e. The van der Waals surface area contributed by atoms with Crippen LogP contribution in [0.1, 0.15) is 86.2 Å². The fraction of sp³-hybridized carbons (Fsp3) is 0.179. The average molecular weight is 1000 g/mol. The standard InChI is InChI=1S/C56H52N6O12/c1-31-39(17-19-41(57)47(31)55(67)68)51(65)49-33(3)53(43-15-5-7-23-61(43)49)73-27-35-11-9-13-37(25-35)71-29-45(63)59-21-22-60-46(64)30-72-38-14-10-12-36(26-38)28-74-54-34(4)50(62-24-8-6-16-44(54)62)52(66)40-18-20-42(58)48(32(40)2)56(69)70/h5-20,23-26H,21-22,27-30,57-58H2,1-4H3,(H,59,63)(H,60,64)(H,67,68)(H,69,70). The van der Waals surface area contributed by atoms with Crippen LogP contribution in [0.3, 0.4) is 0 Å². The summed E-state index contributed by atoms with van der Waals surface area (Å²) < 4.78 is 27.5. The number of pyridine rings is 2. The number of rotatable bonds is 21. The number of carbonyl (C=O) groups excluding carboxylic acids is 4. The molecule has 0 bridgehead atoms. The van der Waals surface area contributed by atoms with E-state index in [1.54, 1.807) is 97.4 Å². The number of nitrogens with one attached hydrogen (secondary N) is 2. The molecule has 18 heteroatoms. The van der Waals surface area contributed by atoms with Crippen molar-refractivity contribution in [2.75, 3.05) is 37.8 Å². The summed E-state index contributed by atoms with van der Waals surface area (Å²) >= 11 is 0. The molecule has 0 saturated heterocycles. The number of carboxylic acid groups (broad SMARTS) is 2. The molecular formula is C56H52N6O12. The molecule has 0 aliphatic rings. The smallest absolute Gasteiger partial charge is 0.338 e. The molecule has 4 aromatic heterocycles. The zero-order valence-electron chi connectivity index (χ0n) is 40.8. The lowest BCUT2D eigenvalue weighted by Gasteiger charge is -2.12. The second kappa shape index (κ2) is 21.8. The summed E-state index contributed by atoms with van der Waals surface area (Å²) in [4.78, 5) is 77.2. The summed E-state index contributed by atoms with van der Waals surface area (Å²) in [6.07, 6.45) is 3.48. The molecule has 0 atom stereocenters. The van der Waals surface area contributed by atoms with Gasteiger partial charge < -0.3 is 60.1 Å². The highest BCUT2D eigenvalue weighted by molar-refractivity contribution is 6.14. The zero-order valence-corrected chi connectivity index (χ0v) is 40.8. The van der Waals surface area contributed by atoms with Crippen LogP contribution in [0, 0.1) is 27.7 Å². The number of amides is 2. The second-order valence-electron chi connectivity index (χ2n) is 17.3. The Morgan fingerprint density at radius 3 is 1.30 bits per heavy atom. The Morgan fingerprint density at radius 2 is 0.905 bits per heavy atom. The Bertz CT molecular complexity index is 3310. The number of hydrogen-bond donors (Lipinski definition) is 6. The van der Waals surface area contributed by atoms with Crippen LogP contribution < -0.4 is 41.0 Å². The third kappa shape index (κ3) is 10.5. The molecule has 8 aromatic rings. The topological polar surface area (TPSA) is 265 Å². The van der Waals surface area contributed by atoms with Crippen LogP contribution in [0.25, 0.3) is 11.0 Å². The Kier molecular flexibility index (Phi) is 15.0. The maximum Gasteiger partial charge on any atom is 0.338 e. The highest BCUT2D eigenvalue weighted by Crippen LogP contribution is 2.36. The van der Waals surface area contributed by atoms with E-state index in [0.29, 0.717) is 56.5 Å². The van der Waals surface area contributed by atoms with Gasteiger partial charge in [-0.3, -0.25) is 19.2 Å². The fourth-order valence-electron chi connectivity index (χ4n) is 8.88. The van der Waals surface area contributed by atoms with E-state index in [1.165, 1.54) is 24.3 Å². The summed E-state index contributed by atoms with van der Waals surface area (Å²) in [5, 5.41) is 24.9. The van der Waals surface area contributed by atoms with Gasteiger partial charge in [0.2, 0.25) is 11.6 Å². The molecule has 0 aliphatic carbocycles. The number of ether oxygens (including phenoxy) is 4. The SMILES string of the molecule is Cc1c(C(=O)c2c(C)c(OCc3cccc(OCC(=O)NCCNC(=O)COc4cccc(COc5c(C)c(C(=O)c6ccc(N)c(C(=O)O)c6C)n6ccccc56)c4)c3)c3ccccn23)ccc(N)c1C(=O)O. The Labute approximate surface area is 424 Å². The Balaban J connectivity index is 0.791. The summed E-state index contributed by atoms with van der Waals surface area (Å²) in [7, 11) is 0. The van der Waals surface area contributed by atoms with Gasteiger partial charge in [0.05, 0.1) is 22.2 Å².